The molecule has 156 valence electrons. The lowest BCUT2D eigenvalue weighted by atomic mass is 10.1. The lowest BCUT2D eigenvalue weighted by molar-refractivity contribution is -0.141. The number of hydrogen-bond donors (Lipinski definition) is 0. The molecule has 0 atom stereocenters. The first-order valence-electron chi connectivity index (χ1n) is 8.79. The molecule has 1 aromatic carbocycles. The maximum atomic E-state index is 13.5. The Hall–Kier alpha value is -3.73. The predicted octanol–water partition coefficient (Wildman–Crippen LogP) is 4.09. The van der Waals surface area contributed by atoms with Crippen LogP contribution in [0.1, 0.15) is 11.3 Å². The monoisotopic (exact) mass is 446 g/mol. The minimum atomic E-state index is -4.73. The smallest absolute Gasteiger partial charge is 0.411 e. The number of aromatic nitrogens is 6. The average molecular weight is 447 g/mol. The summed E-state index contributed by atoms with van der Waals surface area (Å²) in [5, 5.41) is 8.56. The lowest BCUT2D eigenvalue weighted by Crippen LogP contribution is -2.11. The van der Waals surface area contributed by atoms with Gasteiger partial charge in [0.15, 0.2) is 23.7 Å². The number of alkyl halides is 3. The number of hydrogen-bond acceptors (Lipinski definition) is 6. The van der Waals surface area contributed by atoms with Crippen molar-refractivity contribution in [3.63, 3.8) is 0 Å². The molecule has 0 unspecified atom stereocenters. The van der Waals surface area contributed by atoms with E-state index < -0.39 is 17.5 Å². The summed E-state index contributed by atoms with van der Waals surface area (Å²) in [6.45, 7) is 1.76. The van der Waals surface area contributed by atoms with Gasteiger partial charge in [-0.3, -0.25) is 0 Å². The van der Waals surface area contributed by atoms with E-state index in [1.165, 1.54) is 29.2 Å². The van der Waals surface area contributed by atoms with Gasteiger partial charge in [-0.2, -0.15) is 28.1 Å². The van der Waals surface area contributed by atoms with Crippen LogP contribution >= 0.6 is 11.6 Å². The molecule has 8 nitrogen and oxygen atoms in total. The van der Waals surface area contributed by atoms with Crippen molar-refractivity contribution in [1.29, 1.82) is 0 Å². The molecule has 5 aromatic rings. The third-order valence-corrected chi connectivity index (χ3v) is 5.00. The van der Waals surface area contributed by atoms with E-state index in [4.69, 9.17) is 16.0 Å². The average Bonchev–Trinajstić information content (AvgIpc) is 3.32. The van der Waals surface area contributed by atoms with Gasteiger partial charge < -0.3 is 4.42 Å². The Labute approximate surface area is 175 Å². The van der Waals surface area contributed by atoms with Gasteiger partial charge in [0, 0.05) is 17.6 Å². The fourth-order valence-corrected chi connectivity index (χ4v) is 3.60. The number of pyridine rings is 1. The SMILES string of the molecule is Cc1cc2cnn(-c3cc(C(F)(F)F)nn3-c3ncccc3Cl)c2c2c(=O)ocnc12. The number of aryl methyl sites for hydroxylation is 1. The molecule has 0 radical (unpaired) electrons. The standard InChI is InChI=1S/C19H10ClF3N6O2/c1-9-5-10-7-26-28(16(10)14-15(9)25-8-31-18(14)30)13-6-12(19(21,22)23)27-29(13)17-11(20)3-2-4-24-17/h2-8H,1H3. The highest BCUT2D eigenvalue weighted by Crippen LogP contribution is 2.33. The van der Waals surface area contributed by atoms with Gasteiger partial charge in [0.2, 0.25) is 0 Å². The van der Waals surface area contributed by atoms with Gasteiger partial charge in [0.25, 0.3) is 0 Å². The topological polar surface area (TPSA) is 91.6 Å². The summed E-state index contributed by atoms with van der Waals surface area (Å²) < 4.78 is 47.5. The van der Waals surface area contributed by atoms with E-state index in [-0.39, 0.29) is 27.6 Å². The van der Waals surface area contributed by atoms with E-state index in [1.54, 1.807) is 13.0 Å². The molecule has 0 fully saturated rings. The van der Waals surface area contributed by atoms with Crippen molar-refractivity contribution in [2.45, 2.75) is 13.1 Å². The zero-order valence-electron chi connectivity index (χ0n) is 15.6. The predicted molar refractivity (Wildman–Crippen MR) is 105 cm³/mol. The Morgan fingerprint density at radius 3 is 2.71 bits per heavy atom. The van der Waals surface area contributed by atoms with E-state index in [0.717, 1.165) is 17.1 Å². The van der Waals surface area contributed by atoms with Crippen LogP contribution in [0, 0.1) is 6.92 Å². The summed E-state index contributed by atoms with van der Waals surface area (Å²) in [4.78, 5) is 20.7. The molecule has 0 spiro atoms. The van der Waals surface area contributed by atoms with Crippen molar-refractivity contribution in [1.82, 2.24) is 29.5 Å². The Morgan fingerprint density at radius 1 is 1.16 bits per heavy atom. The number of benzene rings is 1. The third-order valence-electron chi connectivity index (χ3n) is 4.70. The second kappa shape index (κ2) is 6.64. The fraction of sp³-hybridized carbons (Fsp3) is 0.105. The Kier molecular flexibility index (Phi) is 4.12. The quantitative estimate of drug-likeness (QED) is 0.405. The summed E-state index contributed by atoms with van der Waals surface area (Å²) in [6.07, 6.45) is -0.912. The number of halogens is 4. The zero-order chi connectivity index (χ0) is 21.9. The van der Waals surface area contributed by atoms with Crippen LogP contribution in [0.15, 0.2) is 52.3 Å². The summed E-state index contributed by atoms with van der Waals surface area (Å²) in [7, 11) is 0. The van der Waals surface area contributed by atoms with Crippen LogP contribution in [0.5, 0.6) is 0 Å². The Balaban J connectivity index is 1.91. The molecule has 5 rings (SSSR count). The molecule has 0 amide bonds. The molecule has 31 heavy (non-hydrogen) atoms. The van der Waals surface area contributed by atoms with E-state index in [0.29, 0.717) is 16.5 Å². The van der Waals surface area contributed by atoms with E-state index in [9.17, 15) is 18.0 Å². The van der Waals surface area contributed by atoms with Crippen molar-refractivity contribution in [2.24, 2.45) is 0 Å². The molecule has 0 N–H and O–H groups in total. The molecule has 0 saturated heterocycles. The molecule has 0 saturated carbocycles. The van der Waals surface area contributed by atoms with Crippen molar-refractivity contribution >= 4 is 33.4 Å². The lowest BCUT2D eigenvalue weighted by Gasteiger charge is -2.10. The van der Waals surface area contributed by atoms with Crippen molar-refractivity contribution in [3.05, 3.63) is 69.8 Å². The summed E-state index contributed by atoms with van der Waals surface area (Å²) >= 11 is 6.17. The van der Waals surface area contributed by atoms with Gasteiger partial charge in [0.05, 0.1) is 22.3 Å². The molecular formula is C19H10ClF3N6O2. The van der Waals surface area contributed by atoms with Crippen molar-refractivity contribution in [2.75, 3.05) is 0 Å². The molecule has 0 aliphatic carbocycles. The molecular weight excluding hydrogens is 437 g/mol. The van der Waals surface area contributed by atoms with Gasteiger partial charge in [-0.05, 0) is 30.7 Å². The number of fused-ring (bicyclic) bond motifs is 3. The molecule has 0 bridgehead atoms. The first kappa shape index (κ1) is 19.2. The minimum Gasteiger partial charge on any atom is -0.411 e. The largest absolute Gasteiger partial charge is 0.435 e. The summed E-state index contributed by atoms with van der Waals surface area (Å²) in [5.74, 6) is -0.142. The third kappa shape index (κ3) is 2.96. The van der Waals surface area contributed by atoms with Gasteiger partial charge in [-0.1, -0.05) is 11.6 Å². The van der Waals surface area contributed by atoms with Crippen molar-refractivity contribution < 1.29 is 17.6 Å². The van der Waals surface area contributed by atoms with Crippen LogP contribution in [0.4, 0.5) is 13.2 Å². The van der Waals surface area contributed by atoms with Crippen LogP contribution in [0.3, 0.4) is 0 Å². The molecule has 4 aromatic heterocycles. The van der Waals surface area contributed by atoms with E-state index in [2.05, 4.69) is 20.2 Å². The summed E-state index contributed by atoms with van der Waals surface area (Å²) in [5.41, 5.74) is -0.604. The Bertz CT molecular complexity index is 1540. The van der Waals surface area contributed by atoms with Crippen molar-refractivity contribution in [3.8, 4) is 11.6 Å². The highest BCUT2D eigenvalue weighted by Gasteiger charge is 2.36. The van der Waals surface area contributed by atoms with Gasteiger partial charge in [0.1, 0.15) is 5.39 Å². The normalized spacial score (nSPS) is 12.2. The summed E-state index contributed by atoms with van der Waals surface area (Å²) in [6, 6.07) is 5.55. The van der Waals surface area contributed by atoms with Crippen LogP contribution < -0.4 is 5.63 Å². The maximum absolute atomic E-state index is 13.5. The van der Waals surface area contributed by atoms with Gasteiger partial charge in [-0.15, -0.1) is 0 Å². The highest BCUT2D eigenvalue weighted by molar-refractivity contribution is 6.32. The van der Waals surface area contributed by atoms with E-state index >= 15 is 0 Å². The van der Waals surface area contributed by atoms with E-state index in [1.807, 2.05) is 0 Å². The van der Waals surface area contributed by atoms with Crippen LogP contribution in [-0.2, 0) is 6.18 Å². The zero-order valence-corrected chi connectivity index (χ0v) is 16.3. The minimum absolute atomic E-state index is 0.0279. The molecule has 12 heteroatoms. The second-order valence-electron chi connectivity index (χ2n) is 6.66. The van der Waals surface area contributed by atoms with Gasteiger partial charge in [-0.25, -0.2) is 19.4 Å². The van der Waals surface area contributed by atoms with Crippen LogP contribution in [0.25, 0.3) is 33.4 Å². The maximum Gasteiger partial charge on any atom is 0.435 e. The Morgan fingerprint density at radius 2 is 1.97 bits per heavy atom. The first-order chi connectivity index (χ1) is 14.8. The van der Waals surface area contributed by atoms with Crippen LogP contribution in [-0.4, -0.2) is 29.5 Å². The number of rotatable bonds is 2. The second-order valence-corrected chi connectivity index (χ2v) is 7.06. The molecule has 0 aliphatic rings. The molecule has 0 aliphatic heterocycles. The van der Waals surface area contributed by atoms with Gasteiger partial charge >= 0.3 is 11.8 Å². The molecule has 4 heterocycles. The number of nitrogens with zero attached hydrogens (tertiary/aromatic N) is 6. The first-order valence-corrected chi connectivity index (χ1v) is 9.17. The van der Waals surface area contributed by atoms with Crippen LogP contribution in [0.2, 0.25) is 5.02 Å². The fourth-order valence-electron chi connectivity index (χ4n) is 3.40. The highest BCUT2D eigenvalue weighted by atomic mass is 35.5.